The van der Waals surface area contributed by atoms with Gasteiger partial charge in [-0.05, 0) is 81.8 Å². The van der Waals surface area contributed by atoms with Crippen molar-refractivity contribution >= 4 is 23.1 Å². The molecule has 192 valence electrons. The molecule has 1 fully saturated rings. The molecule has 1 amide bonds. The van der Waals surface area contributed by atoms with Crippen LogP contribution < -0.4 is 19.1 Å². The standard InChI is InChI=1S/C30H31NO6/c1-18(2)36-23-14-12-20(13-15-23)28(32)26-27(21-8-6-11-25(16-21)37-19(3)4)31(30(34)29(26)33)22-9-7-10-24(17-22)35-5/h6-19,27,32H,1-5H3/b28-26+. The van der Waals surface area contributed by atoms with Crippen molar-refractivity contribution in [1.29, 1.82) is 0 Å². The normalized spacial score (nSPS) is 16.9. The van der Waals surface area contributed by atoms with Crippen molar-refractivity contribution in [3.63, 3.8) is 0 Å². The van der Waals surface area contributed by atoms with E-state index in [9.17, 15) is 14.7 Å². The average Bonchev–Trinajstić information content (AvgIpc) is 3.14. The van der Waals surface area contributed by atoms with Gasteiger partial charge in [0, 0.05) is 17.3 Å². The maximum Gasteiger partial charge on any atom is 0.300 e. The van der Waals surface area contributed by atoms with Crippen LogP contribution in [-0.4, -0.2) is 36.1 Å². The van der Waals surface area contributed by atoms with Crippen molar-refractivity contribution in [2.24, 2.45) is 0 Å². The molecule has 0 radical (unpaired) electrons. The summed E-state index contributed by atoms with van der Waals surface area (Å²) in [6.07, 6.45) is -0.0699. The number of carbonyl (C=O) groups is 2. The van der Waals surface area contributed by atoms with E-state index in [-0.39, 0.29) is 23.5 Å². The third kappa shape index (κ3) is 5.45. The van der Waals surface area contributed by atoms with Crippen LogP contribution in [0, 0.1) is 0 Å². The van der Waals surface area contributed by atoms with Crippen LogP contribution in [0.2, 0.25) is 0 Å². The number of anilines is 1. The molecule has 3 aromatic carbocycles. The molecule has 0 bridgehead atoms. The molecule has 0 saturated carbocycles. The summed E-state index contributed by atoms with van der Waals surface area (Å²) in [6.45, 7) is 7.68. The Morgan fingerprint density at radius 3 is 2.08 bits per heavy atom. The molecule has 1 saturated heterocycles. The minimum atomic E-state index is -0.880. The largest absolute Gasteiger partial charge is 0.507 e. The molecule has 1 unspecified atom stereocenters. The first-order valence-corrected chi connectivity index (χ1v) is 12.2. The Morgan fingerprint density at radius 2 is 1.43 bits per heavy atom. The fourth-order valence-corrected chi connectivity index (χ4v) is 4.32. The molecule has 1 aliphatic rings. The molecule has 1 atom stereocenters. The zero-order chi connectivity index (χ0) is 26.7. The predicted molar refractivity (Wildman–Crippen MR) is 142 cm³/mol. The van der Waals surface area contributed by atoms with Gasteiger partial charge in [0.25, 0.3) is 11.7 Å². The SMILES string of the molecule is COc1cccc(N2C(=O)C(=O)/C(=C(/O)c3ccc(OC(C)C)cc3)C2c2cccc(OC(C)C)c2)c1. The number of nitrogens with zero attached hydrogens (tertiary/aromatic N) is 1. The lowest BCUT2D eigenvalue weighted by Crippen LogP contribution is -2.29. The highest BCUT2D eigenvalue weighted by molar-refractivity contribution is 6.51. The van der Waals surface area contributed by atoms with Gasteiger partial charge < -0.3 is 19.3 Å². The summed E-state index contributed by atoms with van der Waals surface area (Å²) < 4.78 is 16.9. The highest BCUT2D eigenvalue weighted by Crippen LogP contribution is 2.43. The Morgan fingerprint density at radius 1 is 0.811 bits per heavy atom. The molecule has 1 heterocycles. The van der Waals surface area contributed by atoms with Crippen molar-refractivity contribution in [2.45, 2.75) is 45.9 Å². The first-order valence-electron chi connectivity index (χ1n) is 12.2. The maximum absolute atomic E-state index is 13.4. The van der Waals surface area contributed by atoms with Gasteiger partial charge in [-0.2, -0.15) is 0 Å². The van der Waals surface area contributed by atoms with Crippen molar-refractivity contribution in [3.8, 4) is 17.2 Å². The lowest BCUT2D eigenvalue weighted by Gasteiger charge is -2.26. The monoisotopic (exact) mass is 501 g/mol. The van der Waals surface area contributed by atoms with E-state index in [1.165, 1.54) is 12.0 Å². The predicted octanol–water partition coefficient (Wildman–Crippen LogP) is 5.90. The Balaban J connectivity index is 1.88. The van der Waals surface area contributed by atoms with Crippen LogP contribution in [0.15, 0.2) is 78.4 Å². The summed E-state index contributed by atoms with van der Waals surface area (Å²) in [6, 6.07) is 20.0. The summed E-state index contributed by atoms with van der Waals surface area (Å²) in [4.78, 5) is 28.2. The lowest BCUT2D eigenvalue weighted by molar-refractivity contribution is -0.132. The highest BCUT2D eigenvalue weighted by atomic mass is 16.5. The van der Waals surface area contributed by atoms with Gasteiger partial charge in [-0.25, -0.2) is 0 Å². The van der Waals surface area contributed by atoms with Crippen molar-refractivity contribution in [2.75, 3.05) is 12.0 Å². The number of hydrogen-bond acceptors (Lipinski definition) is 6. The number of rotatable bonds is 8. The molecule has 7 heteroatoms. The van der Waals surface area contributed by atoms with Gasteiger partial charge >= 0.3 is 0 Å². The number of aliphatic hydroxyl groups excluding tert-OH is 1. The van der Waals surface area contributed by atoms with Crippen molar-refractivity contribution < 1.29 is 28.9 Å². The lowest BCUT2D eigenvalue weighted by atomic mass is 9.95. The molecule has 0 aromatic heterocycles. The Labute approximate surface area is 216 Å². The quantitative estimate of drug-likeness (QED) is 0.235. The van der Waals surface area contributed by atoms with E-state index in [0.717, 1.165) is 0 Å². The number of methoxy groups -OCH3 is 1. The van der Waals surface area contributed by atoms with Gasteiger partial charge in [-0.15, -0.1) is 0 Å². The van der Waals surface area contributed by atoms with Crippen molar-refractivity contribution in [3.05, 3.63) is 89.5 Å². The van der Waals surface area contributed by atoms with Gasteiger partial charge in [-0.1, -0.05) is 18.2 Å². The first kappa shape index (κ1) is 25.8. The number of ketones is 1. The fraction of sp³-hybridized carbons (Fsp3) is 0.267. The van der Waals surface area contributed by atoms with Crippen LogP contribution in [0.25, 0.3) is 5.76 Å². The number of aliphatic hydroxyl groups is 1. The van der Waals surface area contributed by atoms with Crippen molar-refractivity contribution in [1.82, 2.24) is 0 Å². The van der Waals surface area contributed by atoms with Gasteiger partial charge in [0.15, 0.2) is 0 Å². The minimum absolute atomic E-state index is 0.00651. The van der Waals surface area contributed by atoms with Gasteiger partial charge in [0.05, 0.1) is 30.9 Å². The van der Waals surface area contributed by atoms with Crippen LogP contribution in [0.1, 0.15) is 44.9 Å². The van der Waals surface area contributed by atoms with Gasteiger partial charge in [0.2, 0.25) is 0 Å². The smallest absolute Gasteiger partial charge is 0.300 e. The Kier molecular flexibility index (Phi) is 7.53. The third-order valence-electron chi connectivity index (χ3n) is 5.82. The van der Waals surface area contributed by atoms with E-state index in [4.69, 9.17) is 14.2 Å². The summed E-state index contributed by atoms with van der Waals surface area (Å²) in [7, 11) is 1.53. The summed E-state index contributed by atoms with van der Waals surface area (Å²) in [5.41, 5.74) is 1.49. The average molecular weight is 502 g/mol. The second-order valence-corrected chi connectivity index (χ2v) is 9.30. The Bertz CT molecular complexity index is 1330. The van der Waals surface area contributed by atoms with Gasteiger partial charge in [-0.3, -0.25) is 14.5 Å². The molecular formula is C30H31NO6. The number of ether oxygens (including phenoxy) is 3. The second kappa shape index (κ2) is 10.8. The summed E-state index contributed by atoms with van der Waals surface area (Å²) in [5.74, 6) is -0.00838. The molecular weight excluding hydrogens is 470 g/mol. The van der Waals surface area contributed by atoms with E-state index in [2.05, 4.69) is 0 Å². The minimum Gasteiger partial charge on any atom is -0.507 e. The van der Waals surface area contributed by atoms with Crippen LogP contribution in [0.4, 0.5) is 5.69 Å². The molecule has 1 N–H and O–H groups in total. The summed E-state index contributed by atoms with van der Waals surface area (Å²) >= 11 is 0. The zero-order valence-electron chi connectivity index (χ0n) is 21.6. The van der Waals surface area contributed by atoms with Crippen LogP contribution in [0.3, 0.4) is 0 Å². The maximum atomic E-state index is 13.4. The number of hydrogen-bond donors (Lipinski definition) is 1. The van der Waals surface area contributed by atoms with E-state index < -0.39 is 17.7 Å². The van der Waals surface area contributed by atoms with Crippen LogP contribution in [-0.2, 0) is 9.59 Å². The number of benzene rings is 3. The fourth-order valence-electron chi connectivity index (χ4n) is 4.32. The molecule has 0 spiro atoms. The van der Waals surface area contributed by atoms with E-state index in [0.29, 0.717) is 34.1 Å². The zero-order valence-corrected chi connectivity index (χ0v) is 21.6. The Hall–Kier alpha value is -4.26. The number of Topliss-reactive ketones (excluding diaryl/α,β-unsaturated/α-hetero) is 1. The first-order chi connectivity index (χ1) is 17.7. The molecule has 7 nitrogen and oxygen atoms in total. The summed E-state index contributed by atoms with van der Waals surface area (Å²) in [5, 5.41) is 11.4. The van der Waals surface area contributed by atoms with E-state index >= 15 is 0 Å². The third-order valence-corrected chi connectivity index (χ3v) is 5.82. The second-order valence-electron chi connectivity index (χ2n) is 9.30. The number of carbonyl (C=O) groups excluding carboxylic acids is 2. The molecule has 37 heavy (non-hydrogen) atoms. The van der Waals surface area contributed by atoms with E-state index in [1.807, 2.05) is 39.8 Å². The van der Waals surface area contributed by atoms with Gasteiger partial charge in [0.1, 0.15) is 23.0 Å². The number of amides is 1. The molecule has 4 rings (SSSR count). The molecule has 1 aliphatic heterocycles. The van der Waals surface area contributed by atoms with E-state index in [1.54, 1.807) is 60.7 Å². The molecule has 0 aliphatic carbocycles. The highest BCUT2D eigenvalue weighted by Gasteiger charge is 2.47. The molecule has 3 aromatic rings. The van der Waals surface area contributed by atoms with Crippen LogP contribution >= 0.6 is 0 Å². The van der Waals surface area contributed by atoms with Crippen LogP contribution in [0.5, 0.6) is 17.2 Å². The topological polar surface area (TPSA) is 85.3 Å².